The van der Waals surface area contributed by atoms with Crippen molar-refractivity contribution < 1.29 is 14.6 Å². The van der Waals surface area contributed by atoms with E-state index in [9.17, 15) is 9.90 Å². The lowest BCUT2D eigenvalue weighted by Crippen LogP contribution is -2.43. The monoisotopic (exact) mass is 291 g/mol. The van der Waals surface area contributed by atoms with Gasteiger partial charge in [0.2, 0.25) is 0 Å². The van der Waals surface area contributed by atoms with Crippen LogP contribution in [0, 0.1) is 13.8 Å². The molecule has 0 heterocycles. The molecule has 0 aromatic heterocycles. The minimum Gasteiger partial charge on any atom is -0.484 e. The van der Waals surface area contributed by atoms with E-state index in [1.807, 2.05) is 32.0 Å². The fourth-order valence-corrected chi connectivity index (χ4v) is 3.02. The van der Waals surface area contributed by atoms with Crippen LogP contribution in [0.25, 0.3) is 0 Å². The SMILES string of the molecule is Cc1ccc(OCC(=O)N(CCO)C2CCCC2)c(C)c1. The van der Waals surface area contributed by atoms with Crippen LogP contribution in [0.2, 0.25) is 0 Å². The molecule has 0 saturated heterocycles. The Labute approximate surface area is 126 Å². The number of carbonyl (C=O) groups excluding carboxylic acids is 1. The zero-order valence-electron chi connectivity index (χ0n) is 13.0. The number of aryl methyl sites for hydroxylation is 2. The highest BCUT2D eigenvalue weighted by molar-refractivity contribution is 5.78. The Kier molecular flexibility index (Phi) is 5.62. The summed E-state index contributed by atoms with van der Waals surface area (Å²) in [7, 11) is 0. The van der Waals surface area contributed by atoms with Crippen LogP contribution in [-0.2, 0) is 4.79 Å². The minimum atomic E-state index is -0.0316. The van der Waals surface area contributed by atoms with Crippen LogP contribution in [0.5, 0.6) is 5.75 Å². The molecule has 0 atom stereocenters. The van der Waals surface area contributed by atoms with Crippen LogP contribution in [0.1, 0.15) is 36.8 Å². The summed E-state index contributed by atoms with van der Waals surface area (Å²) >= 11 is 0. The van der Waals surface area contributed by atoms with E-state index in [4.69, 9.17) is 4.74 Å². The number of hydrogen-bond donors (Lipinski definition) is 1. The van der Waals surface area contributed by atoms with Gasteiger partial charge < -0.3 is 14.7 Å². The Morgan fingerprint density at radius 3 is 2.67 bits per heavy atom. The highest BCUT2D eigenvalue weighted by atomic mass is 16.5. The number of nitrogens with zero attached hydrogens (tertiary/aromatic N) is 1. The molecule has 1 aliphatic carbocycles. The molecule has 1 fully saturated rings. The molecule has 0 spiro atoms. The summed E-state index contributed by atoms with van der Waals surface area (Å²) in [6.45, 7) is 4.46. The van der Waals surface area contributed by atoms with Crippen molar-refractivity contribution in [1.29, 1.82) is 0 Å². The molecule has 4 heteroatoms. The maximum atomic E-state index is 12.4. The molecule has 1 aromatic rings. The molecule has 1 amide bonds. The van der Waals surface area contributed by atoms with Crippen molar-refractivity contribution >= 4 is 5.91 Å². The molecule has 4 nitrogen and oxygen atoms in total. The molecule has 2 rings (SSSR count). The number of hydrogen-bond acceptors (Lipinski definition) is 3. The molecular formula is C17H25NO3. The van der Waals surface area contributed by atoms with Crippen molar-refractivity contribution in [2.45, 2.75) is 45.6 Å². The lowest BCUT2D eigenvalue weighted by molar-refractivity contribution is -0.136. The quantitative estimate of drug-likeness (QED) is 0.876. The summed E-state index contributed by atoms with van der Waals surface area (Å²) in [6, 6.07) is 6.20. The molecule has 0 bridgehead atoms. The summed E-state index contributed by atoms with van der Waals surface area (Å²) in [5, 5.41) is 9.17. The molecule has 0 unspecified atom stereocenters. The third kappa shape index (κ3) is 4.21. The van der Waals surface area contributed by atoms with E-state index in [2.05, 4.69) is 0 Å². The van der Waals surface area contributed by atoms with Gasteiger partial charge in [0.1, 0.15) is 5.75 Å². The first-order valence-electron chi connectivity index (χ1n) is 7.72. The van der Waals surface area contributed by atoms with Gasteiger partial charge in [-0.2, -0.15) is 0 Å². The predicted molar refractivity (Wildman–Crippen MR) is 82.5 cm³/mol. The number of rotatable bonds is 6. The van der Waals surface area contributed by atoms with Gasteiger partial charge in [-0.05, 0) is 38.3 Å². The highest BCUT2D eigenvalue weighted by Crippen LogP contribution is 2.24. The summed E-state index contributed by atoms with van der Waals surface area (Å²) in [4.78, 5) is 14.1. The van der Waals surface area contributed by atoms with Crippen molar-refractivity contribution in [3.05, 3.63) is 29.3 Å². The number of aliphatic hydroxyl groups is 1. The standard InChI is InChI=1S/C17H25NO3/c1-13-7-8-16(14(2)11-13)21-12-17(20)18(9-10-19)15-5-3-4-6-15/h7-8,11,15,19H,3-6,9-10,12H2,1-2H3. The minimum absolute atomic E-state index is 0.00575. The first-order valence-corrected chi connectivity index (χ1v) is 7.72. The van der Waals surface area contributed by atoms with Gasteiger partial charge >= 0.3 is 0 Å². The summed E-state index contributed by atoms with van der Waals surface area (Å²) in [5.74, 6) is 0.722. The number of ether oxygens (including phenoxy) is 1. The second kappa shape index (κ2) is 7.46. The van der Waals surface area contributed by atoms with Crippen molar-refractivity contribution in [3.8, 4) is 5.75 Å². The van der Waals surface area contributed by atoms with Crippen molar-refractivity contribution in [3.63, 3.8) is 0 Å². The van der Waals surface area contributed by atoms with Gasteiger partial charge in [0, 0.05) is 12.6 Å². The average Bonchev–Trinajstić information content (AvgIpc) is 2.97. The van der Waals surface area contributed by atoms with Gasteiger partial charge in [0.25, 0.3) is 5.91 Å². The smallest absolute Gasteiger partial charge is 0.260 e. The third-order valence-corrected chi connectivity index (χ3v) is 4.11. The zero-order chi connectivity index (χ0) is 15.2. The van der Waals surface area contributed by atoms with Crippen molar-refractivity contribution in [2.75, 3.05) is 19.8 Å². The summed E-state index contributed by atoms with van der Waals surface area (Å²) < 4.78 is 5.67. The topological polar surface area (TPSA) is 49.8 Å². The van der Waals surface area contributed by atoms with E-state index in [-0.39, 0.29) is 25.2 Å². The normalized spacial score (nSPS) is 15.2. The summed E-state index contributed by atoms with van der Waals surface area (Å²) in [5.41, 5.74) is 2.22. The molecular weight excluding hydrogens is 266 g/mol. The Morgan fingerprint density at radius 1 is 1.33 bits per heavy atom. The largest absolute Gasteiger partial charge is 0.484 e. The fourth-order valence-electron chi connectivity index (χ4n) is 3.02. The molecule has 1 aliphatic rings. The maximum Gasteiger partial charge on any atom is 0.260 e. The van der Waals surface area contributed by atoms with E-state index >= 15 is 0 Å². The second-order valence-corrected chi connectivity index (χ2v) is 5.81. The fraction of sp³-hybridized carbons (Fsp3) is 0.588. The zero-order valence-corrected chi connectivity index (χ0v) is 13.0. The number of benzene rings is 1. The predicted octanol–water partition coefficient (Wildman–Crippen LogP) is 2.45. The van der Waals surface area contributed by atoms with Crippen molar-refractivity contribution in [2.24, 2.45) is 0 Å². The van der Waals surface area contributed by atoms with Crippen LogP contribution in [-0.4, -0.2) is 41.7 Å². The van der Waals surface area contributed by atoms with Gasteiger partial charge in [-0.15, -0.1) is 0 Å². The first kappa shape index (κ1) is 15.8. The lowest BCUT2D eigenvalue weighted by Gasteiger charge is -2.28. The Balaban J connectivity index is 1.95. The van der Waals surface area contributed by atoms with E-state index < -0.39 is 0 Å². The molecule has 21 heavy (non-hydrogen) atoms. The Morgan fingerprint density at radius 2 is 2.05 bits per heavy atom. The number of amides is 1. The van der Waals surface area contributed by atoms with Gasteiger partial charge in [-0.25, -0.2) is 0 Å². The van der Waals surface area contributed by atoms with Crippen LogP contribution in [0.3, 0.4) is 0 Å². The highest BCUT2D eigenvalue weighted by Gasteiger charge is 2.26. The van der Waals surface area contributed by atoms with Crippen LogP contribution < -0.4 is 4.74 Å². The van der Waals surface area contributed by atoms with E-state index in [0.29, 0.717) is 6.54 Å². The van der Waals surface area contributed by atoms with Gasteiger partial charge in [-0.3, -0.25) is 4.79 Å². The molecule has 1 aromatic carbocycles. The Bertz CT molecular complexity index is 481. The first-order chi connectivity index (χ1) is 10.1. The molecule has 1 saturated carbocycles. The third-order valence-electron chi connectivity index (χ3n) is 4.11. The number of aliphatic hydroxyl groups excluding tert-OH is 1. The van der Waals surface area contributed by atoms with Crippen LogP contribution >= 0.6 is 0 Å². The average molecular weight is 291 g/mol. The van der Waals surface area contributed by atoms with E-state index in [1.54, 1.807) is 4.90 Å². The Hall–Kier alpha value is -1.55. The van der Waals surface area contributed by atoms with Crippen LogP contribution in [0.15, 0.2) is 18.2 Å². The molecule has 116 valence electrons. The van der Waals surface area contributed by atoms with Gasteiger partial charge in [0.05, 0.1) is 6.61 Å². The maximum absolute atomic E-state index is 12.4. The van der Waals surface area contributed by atoms with Gasteiger partial charge in [0.15, 0.2) is 6.61 Å². The lowest BCUT2D eigenvalue weighted by atomic mass is 10.1. The molecule has 1 N–H and O–H groups in total. The second-order valence-electron chi connectivity index (χ2n) is 5.81. The number of carbonyl (C=O) groups is 1. The summed E-state index contributed by atoms with van der Waals surface area (Å²) in [6.07, 6.45) is 4.40. The van der Waals surface area contributed by atoms with E-state index in [1.165, 1.54) is 5.56 Å². The van der Waals surface area contributed by atoms with Crippen LogP contribution in [0.4, 0.5) is 0 Å². The van der Waals surface area contributed by atoms with Crippen molar-refractivity contribution in [1.82, 2.24) is 4.90 Å². The van der Waals surface area contributed by atoms with E-state index in [0.717, 1.165) is 37.0 Å². The molecule has 0 radical (unpaired) electrons. The molecule has 0 aliphatic heterocycles. The van der Waals surface area contributed by atoms with Gasteiger partial charge in [-0.1, -0.05) is 30.5 Å².